The van der Waals surface area contributed by atoms with Crippen LogP contribution in [0.25, 0.3) is 0 Å². The van der Waals surface area contributed by atoms with Gasteiger partial charge in [-0.3, -0.25) is 9.59 Å². The number of benzene rings is 2. The molecule has 2 atom stereocenters. The number of anilines is 1. The van der Waals surface area contributed by atoms with Crippen LogP contribution in [0.1, 0.15) is 31.0 Å². The van der Waals surface area contributed by atoms with Crippen LogP contribution < -0.4 is 10.6 Å². The van der Waals surface area contributed by atoms with Gasteiger partial charge in [0.25, 0.3) is 5.91 Å². The van der Waals surface area contributed by atoms with Gasteiger partial charge in [0, 0.05) is 6.54 Å². The Hall–Kier alpha value is -3.49. The minimum atomic E-state index is -1.37. The number of rotatable bonds is 5. The van der Waals surface area contributed by atoms with Gasteiger partial charge in [-0.15, -0.1) is 0 Å². The molecule has 0 saturated heterocycles. The minimum Gasteiger partial charge on any atom is -0.465 e. The molecule has 0 saturated carbocycles. The number of nitrogens with one attached hydrogen (secondary N) is 2. The molecule has 0 fully saturated rings. The van der Waals surface area contributed by atoms with Crippen LogP contribution in [-0.4, -0.2) is 34.0 Å². The number of hydrogen-bond donors (Lipinski definition) is 3. The molecule has 0 unspecified atom stereocenters. The number of nitrogens with zero attached hydrogens (tertiary/aromatic N) is 1. The maximum atomic E-state index is 14.0. The van der Waals surface area contributed by atoms with Crippen LogP contribution >= 0.6 is 0 Å². The lowest BCUT2D eigenvalue weighted by molar-refractivity contribution is -0.141. The summed E-state index contributed by atoms with van der Waals surface area (Å²) < 4.78 is 28.0. The third-order valence-electron chi connectivity index (χ3n) is 4.96. The smallest absolute Gasteiger partial charge is 0.405 e. The lowest BCUT2D eigenvalue weighted by Gasteiger charge is -2.30. The molecule has 2 aromatic carbocycles. The van der Waals surface area contributed by atoms with Crippen LogP contribution in [0.5, 0.6) is 0 Å². The number of carboxylic acid groups (broad SMARTS) is 1. The summed E-state index contributed by atoms with van der Waals surface area (Å²) in [5, 5.41) is 13.5. The van der Waals surface area contributed by atoms with Gasteiger partial charge < -0.3 is 20.6 Å². The van der Waals surface area contributed by atoms with E-state index in [1.54, 1.807) is 38.1 Å². The first-order chi connectivity index (χ1) is 14.2. The zero-order valence-electron chi connectivity index (χ0n) is 16.4. The van der Waals surface area contributed by atoms with E-state index in [1.165, 1.54) is 11.0 Å². The number of carbonyl (C=O) groups excluding carboxylic acids is 2. The van der Waals surface area contributed by atoms with E-state index in [0.717, 1.165) is 12.1 Å². The molecule has 3 N–H and O–H groups in total. The van der Waals surface area contributed by atoms with Gasteiger partial charge in [-0.05, 0) is 29.2 Å². The van der Waals surface area contributed by atoms with E-state index in [1.807, 2.05) is 0 Å². The molecular weight excluding hydrogens is 396 g/mol. The van der Waals surface area contributed by atoms with Gasteiger partial charge in [-0.1, -0.05) is 44.2 Å². The predicted molar refractivity (Wildman–Crippen MR) is 105 cm³/mol. The van der Waals surface area contributed by atoms with Crippen LogP contribution in [0.3, 0.4) is 0 Å². The molecule has 30 heavy (non-hydrogen) atoms. The maximum Gasteiger partial charge on any atom is 0.405 e. The van der Waals surface area contributed by atoms with Crippen molar-refractivity contribution in [1.82, 2.24) is 10.2 Å². The second kappa shape index (κ2) is 8.48. The Morgan fingerprint density at radius 1 is 1.07 bits per heavy atom. The highest BCUT2D eigenvalue weighted by atomic mass is 19.1. The molecule has 3 rings (SSSR count). The van der Waals surface area contributed by atoms with Gasteiger partial charge in [0.05, 0.1) is 0 Å². The highest BCUT2D eigenvalue weighted by Crippen LogP contribution is 2.36. The SMILES string of the molecule is CC(C)[C@H](NC(=O)O)C(=O)N1Cc2ccccc2[C@H]1C(=O)Nc1c(F)cccc1F. The average molecular weight is 417 g/mol. The molecule has 3 amide bonds. The summed E-state index contributed by atoms with van der Waals surface area (Å²) in [6.07, 6.45) is -1.37. The topological polar surface area (TPSA) is 98.7 Å². The molecule has 1 aliphatic heterocycles. The Balaban J connectivity index is 1.96. The quantitative estimate of drug-likeness (QED) is 0.695. The lowest BCUT2D eigenvalue weighted by Crippen LogP contribution is -2.51. The molecule has 2 aromatic rings. The first-order valence-electron chi connectivity index (χ1n) is 9.33. The monoisotopic (exact) mass is 417 g/mol. The van der Waals surface area contributed by atoms with Gasteiger partial charge in [0.1, 0.15) is 29.4 Å². The van der Waals surface area contributed by atoms with E-state index in [4.69, 9.17) is 5.11 Å². The average Bonchev–Trinajstić information content (AvgIpc) is 3.07. The van der Waals surface area contributed by atoms with E-state index in [2.05, 4.69) is 10.6 Å². The zero-order chi connectivity index (χ0) is 22.0. The number of para-hydroxylation sites is 1. The molecule has 0 bridgehead atoms. The van der Waals surface area contributed by atoms with Gasteiger partial charge in [0.2, 0.25) is 5.91 Å². The fourth-order valence-corrected chi connectivity index (χ4v) is 3.51. The summed E-state index contributed by atoms with van der Waals surface area (Å²) >= 11 is 0. The van der Waals surface area contributed by atoms with E-state index in [0.29, 0.717) is 11.1 Å². The van der Waals surface area contributed by atoms with Crippen LogP contribution in [0, 0.1) is 17.6 Å². The van der Waals surface area contributed by atoms with Crippen molar-refractivity contribution in [1.29, 1.82) is 0 Å². The van der Waals surface area contributed by atoms with Crippen molar-refractivity contribution in [3.8, 4) is 0 Å². The first kappa shape index (κ1) is 21.2. The standard InChI is InChI=1S/C21H21F2N3O4/c1-11(2)16(25-21(29)30)20(28)26-10-12-6-3-4-7-13(12)18(26)19(27)24-17-14(22)8-5-9-15(17)23/h3-9,11,16,18,25H,10H2,1-2H3,(H,24,27)(H,29,30)/t16-,18-/m0/s1. The fraction of sp³-hybridized carbons (Fsp3) is 0.286. The number of hydrogen-bond acceptors (Lipinski definition) is 3. The number of amides is 3. The van der Waals surface area contributed by atoms with Crippen molar-refractivity contribution in [2.24, 2.45) is 5.92 Å². The van der Waals surface area contributed by atoms with Crippen LogP contribution in [0.15, 0.2) is 42.5 Å². The lowest BCUT2D eigenvalue weighted by atomic mass is 10.0. The predicted octanol–water partition coefficient (Wildman–Crippen LogP) is 3.28. The fourth-order valence-electron chi connectivity index (χ4n) is 3.51. The molecule has 1 heterocycles. The molecule has 1 aliphatic rings. The molecule has 0 aromatic heterocycles. The van der Waals surface area contributed by atoms with E-state index in [9.17, 15) is 23.2 Å². The number of halogens is 2. The van der Waals surface area contributed by atoms with Crippen LogP contribution in [0.4, 0.5) is 19.3 Å². The summed E-state index contributed by atoms with van der Waals surface area (Å²) in [4.78, 5) is 38.6. The van der Waals surface area contributed by atoms with E-state index in [-0.39, 0.29) is 12.5 Å². The summed E-state index contributed by atoms with van der Waals surface area (Å²) in [5.41, 5.74) is 0.596. The van der Waals surface area contributed by atoms with Crippen molar-refractivity contribution in [2.75, 3.05) is 5.32 Å². The highest BCUT2D eigenvalue weighted by molar-refractivity contribution is 6.00. The zero-order valence-corrected chi connectivity index (χ0v) is 16.4. The number of carbonyl (C=O) groups is 3. The first-order valence-corrected chi connectivity index (χ1v) is 9.33. The van der Waals surface area contributed by atoms with Gasteiger partial charge in [0.15, 0.2) is 0 Å². The summed E-state index contributed by atoms with van der Waals surface area (Å²) in [6.45, 7) is 3.41. The third-order valence-corrected chi connectivity index (χ3v) is 4.96. The summed E-state index contributed by atoms with van der Waals surface area (Å²) in [7, 11) is 0. The van der Waals surface area contributed by atoms with Crippen molar-refractivity contribution in [3.63, 3.8) is 0 Å². The van der Waals surface area contributed by atoms with Crippen molar-refractivity contribution in [2.45, 2.75) is 32.5 Å². The van der Waals surface area contributed by atoms with Crippen LogP contribution in [0.2, 0.25) is 0 Å². The van der Waals surface area contributed by atoms with Crippen molar-refractivity contribution < 1.29 is 28.3 Å². The largest absolute Gasteiger partial charge is 0.465 e. The summed E-state index contributed by atoms with van der Waals surface area (Å²) in [5.74, 6) is -3.67. The molecular formula is C21H21F2N3O4. The van der Waals surface area contributed by atoms with Gasteiger partial charge >= 0.3 is 6.09 Å². The maximum absolute atomic E-state index is 14.0. The molecule has 0 aliphatic carbocycles. The molecule has 0 radical (unpaired) electrons. The van der Waals surface area contributed by atoms with E-state index < -0.39 is 47.3 Å². The Morgan fingerprint density at radius 3 is 2.30 bits per heavy atom. The molecule has 158 valence electrons. The van der Waals surface area contributed by atoms with Crippen molar-refractivity contribution >= 4 is 23.6 Å². The number of fused-ring (bicyclic) bond motifs is 1. The molecule has 7 nitrogen and oxygen atoms in total. The normalized spacial score (nSPS) is 16.2. The van der Waals surface area contributed by atoms with Crippen LogP contribution in [-0.2, 0) is 16.1 Å². The van der Waals surface area contributed by atoms with Gasteiger partial charge in [-0.2, -0.15) is 0 Å². The Morgan fingerprint density at radius 2 is 1.70 bits per heavy atom. The second-order valence-corrected chi connectivity index (χ2v) is 7.32. The Bertz CT molecular complexity index is 976. The molecule has 0 spiro atoms. The Kier molecular flexibility index (Phi) is 6.00. The Labute approximate surface area is 171 Å². The third kappa shape index (κ3) is 4.10. The highest BCUT2D eigenvalue weighted by Gasteiger charge is 2.42. The van der Waals surface area contributed by atoms with Gasteiger partial charge in [-0.25, -0.2) is 13.6 Å². The molecule has 9 heteroatoms. The van der Waals surface area contributed by atoms with E-state index >= 15 is 0 Å². The second-order valence-electron chi connectivity index (χ2n) is 7.32. The summed E-state index contributed by atoms with van der Waals surface area (Å²) in [6, 6.07) is 7.76. The minimum absolute atomic E-state index is 0.0668. The van der Waals surface area contributed by atoms with Crippen molar-refractivity contribution in [3.05, 3.63) is 65.2 Å².